The summed E-state index contributed by atoms with van der Waals surface area (Å²) in [6.07, 6.45) is 9.44. The van der Waals surface area contributed by atoms with E-state index in [9.17, 15) is 9.59 Å². The summed E-state index contributed by atoms with van der Waals surface area (Å²) < 4.78 is 4.71. The molecular formula is C15H28O4. The fourth-order valence-electron chi connectivity index (χ4n) is 2.15. The Morgan fingerprint density at radius 2 is 1.53 bits per heavy atom. The molecule has 0 saturated heterocycles. The van der Waals surface area contributed by atoms with Crippen molar-refractivity contribution in [2.45, 2.75) is 71.6 Å². The molecule has 4 nitrogen and oxygen atoms in total. The van der Waals surface area contributed by atoms with Gasteiger partial charge in [-0.25, -0.2) is 4.79 Å². The zero-order valence-electron chi connectivity index (χ0n) is 12.3. The number of carboxylic acid groups (broad SMARTS) is 1. The summed E-state index contributed by atoms with van der Waals surface area (Å²) in [5.74, 6) is -1.12. The third-order valence-electron chi connectivity index (χ3n) is 3.24. The summed E-state index contributed by atoms with van der Waals surface area (Å²) in [7, 11) is 0. The Bertz CT molecular complexity index is 241. The smallest absolute Gasteiger partial charge is 0.341 e. The van der Waals surface area contributed by atoms with E-state index in [1.165, 1.54) is 25.7 Å². The monoisotopic (exact) mass is 272 g/mol. The molecule has 0 aromatic heterocycles. The lowest BCUT2D eigenvalue weighted by Gasteiger charge is -2.15. The lowest BCUT2D eigenvalue weighted by Crippen LogP contribution is -2.16. The van der Waals surface area contributed by atoms with Gasteiger partial charge < -0.3 is 9.84 Å². The number of rotatable bonds is 12. The van der Waals surface area contributed by atoms with Crippen LogP contribution in [0.15, 0.2) is 0 Å². The molecule has 0 atom stereocenters. The van der Waals surface area contributed by atoms with E-state index < -0.39 is 12.6 Å². The molecule has 0 saturated carbocycles. The van der Waals surface area contributed by atoms with Gasteiger partial charge in [0.25, 0.3) is 0 Å². The van der Waals surface area contributed by atoms with Crippen LogP contribution < -0.4 is 0 Å². The van der Waals surface area contributed by atoms with Crippen LogP contribution in [-0.4, -0.2) is 23.7 Å². The van der Waals surface area contributed by atoms with E-state index in [1.54, 1.807) is 0 Å². The van der Waals surface area contributed by atoms with Crippen molar-refractivity contribution in [1.29, 1.82) is 0 Å². The van der Waals surface area contributed by atoms with Crippen molar-refractivity contribution in [3.63, 3.8) is 0 Å². The molecule has 0 aromatic carbocycles. The fourth-order valence-corrected chi connectivity index (χ4v) is 2.15. The second kappa shape index (κ2) is 12.0. The van der Waals surface area contributed by atoms with Crippen molar-refractivity contribution in [2.75, 3.05) is 6.61 Å². The van der Waals surface area contributed by atoms with Crippen LogP contribution in [0.3, 0.4) is 0 Å². The lowest BCUT2D eigenvalue weighted by atomic mass is 9.92. The molecule has 0 amide bonds. The predicted octanol–water partition coefficient (Wildman–Crippen LogP) is 3.78. The maximum Gasteiger partial charge on any atom is 0.341 e. The van der Waals surface area contributed by atoms with E-state index in [4.69, 9.17) is 9.84 Å². The molecule has 112 valence electrons. The first-order chi connectivity index (χ1) is 9.10. The number of carbonyl (C=O) groups is 2. The quantitative estimate of drug-likeness (QED) is 0.434. The summed E-state index contributed by atoms with van der Waals surface area (Å²) in [5, 5.41) is 8.47. The number of aliphatic carboxylic acids is 1. The van der Waals surface area contributed by atoms with Crippen LogP contribution in [0.5, 0.6) is 0 Å². The number of esters is 1. The van der Waals surface area contributed by atoms with Crippen LogP contribution in [0, 0.1) is 5.92 Å². The van der Waals surface area contributed by atoms with E-state index in [2.05, 4.69) is 13.8 Å². The van der Waals surface area contributed by atoms with Crippen LogP contribution in [-0.2, 0) is 14.3 Å². The van der Waals surface area contributed by atoms with Crippen LogP contribution in [0.4, 0.5) is 0 Å². The van der Waals surface area contributed by atoms with E-state index in [1.807, 2.05) is 0 Å². The minimum absolute atomic E-state index is 0.347. The van der Waals surface area contributed by atoms with Crippen LogP contribution in [0.25, 0.3) is 0 Å². The van der Waals surface area contributed by atoms with E-state index in [0.29, 0.717) is 12.3 Å². The summed E-state index contributed by atoms with van der Waals surface area (Å²) in [6, 6.07) is 0. The van der Waals surface area contributed by atoms with Gasteiger partial charge in [0.05, 0.1) is 0 Å². The molecule has 0 aliphatic heterocycles. The van der Waals surface area contributed by atoms with Crippen molar-refractivity contribution >= 4 is 11.9 Å². The third kappa shape index (κ3) is 11.7. The van der Waals surface area contributed by atoms with Gasteiger partial charge in [-0.15, -0.1) is 0 Å². The Kier molecular flexibility index (Phi) is 11.3. The molecular weight excluding hydrogens is 244 g/mol. The van der Waals surface area contributed by atoms with Crippen LogP contribution in [0.1, 0.15) is 71.6 Å². The van der Waals surface area contributed by atoms with Gasteiger partial charge in [-0.2, -0.15) is 0 Å². The standard InChI is InChI=1S/C15H28O4/c1-3-5-7-9-13(10-8-6-4-2)11-15(18)19-12-14(16)17/h13H,3-12H2,1-2H3,(H,16,17). The Labute approximate surface area is 116 Å². The highest BCUT2D eigenvalue weighted by atomic mass is 16.5. The van der Waals surface area contributed by atoms with E-state index in [0.717, 1.165) is 25.7 Å². The Hall–Kier alpha value is -1.06. The molecule has 0 aliphatic carbocycles. The first-order valence-electron chi connectivity index (χ1n) is 7.47. The molecule has 0 heterocycles. The van der Waals surface area contributed by atoms with Crippen molar-refractivity contribution < 1.29 is 19.4 Å². The maximum absolute atomic E-state index is 11.5. The molecule has 0 rings (SSSR count). The zero-order chi connectivity index (χ0) is 14.5. The van der Waals surface area contributed by atoms with Gasteiger partial charge in [-0.05, 0) is 18.8 Å². The largest absolute Gasteiger partial charge is 0.479 e. The number of hydrogen-bond acceptors (Lipinski definition) is 3. The van der Waals surface area contributed by atoms with Gasteiger partial charge >= 0.3 is 11.9 Å². The van der Waals surface area contributed by atoms with E-state index >= 15 is 0 Å². The summed E-state index contributed by atoms with van der Waals surface area (Å²) in [4.78, 5) is 21.9. The molecule has 1 N–H and O–H groups in total. The number of carboxylic acids is 1. The highest BCUT2D eigenvalue weighted by Gasteiger charge is 2.15. The molecule has 0 spiro atoms. The Balaban J connectivity index is 3.99. The van der Waals surface area contributed by atoms with Gasteiger partial charge in [-0.3, -0.25) is 4.79 Å². The van der Waals surface area contributed by atoms with Crippen LogP contribution in [0.2, 0.25) is 0 Å². The Morgan fingerprint density at radius 3 is 1.95 bits per heavy atom. The van der Waals surface area contributed by atoms with E-state index in [-0.39, 0.29) is 5.97 Å². The first kappa shape index (κ1) is 17.9. The fraction of sp³-hybridized carbons (Fsp3) is 0.867. The number of hydrogen-bond donors (Lipinski definition) is 1. The third-order valence-corrected chi connectivity index (χ3v) is 3.24. The summed E-state index contributed by atoms with van der Waals surface area (Å²) in [6.45, 7) is 3.80. The van der Waals surface area contributed by atoms with Crippen molar-refractivity contribution in [3.8, 4) is 0 Å². The second-order valence-corrected chi connectivity index (χ2v) is 5.12. The highest BCUT2D eigenvalue weighted by Crippen LogP contribution is 2.21. The topological polar surface area (TPSA) is 63.6 Å². The molecule has 0 aromatic rings. The normalized spacial score (nSPS) is 10.7. The number of carbonyl (C=O) groups excluding carboxylic acids is 1. The number of ether oxygens (including phenoxy) is 1. The minimum atomic E-state index is -1.10. The molecule has 0 bridgehead atoms. The predicted molar refractivity (Wildman–Crippen MR) is 75.0 cm³/mol. The molecule has 19 heavy (non-hydrogen) atoms. The molecule has 0 aliphatic rings. The second-order valence-electron chi connectivity index (χ2n) is 5.12. The molecule has 0 radical (unpaired) electrons. The molecule has 0 unspecified atom stereocenters. The molecule has 4 heteroatoms. The minimum Gasteiger partial charge on any atom is -0.479 e. The van der Waals surface area contributed by atoms with Gasteiger partial charge in [0.15, 0.2) is 6.61 Å². The SMILES string of the molecule is CCCCCC(CCCCC)CC(=O)OCC(=O)O. The van der Waals surface area contributed by atoms with Crippen molar-refractivity contribution in [3.05, 3.63) is 0 Å². The van der Waals surface area contributed by atoms with Gasteiger partial charge in [-0.1, -0.05) is 52.4 Å². The summed E-state index contributed by atoms with van der Waals surface area (Å²) >= 11 is 0. The van der Waals surface area contributed by atoms with Gasteiger partial charge in [0.1, 0.15) is 0 Å². The average Bonchev–Trinajstić information content (AvgIpc) is 2.36. The van der Waals surface area contributed by atoms with Gasteiger partial charge in [0, 0.05) is 6.42 Å². The highest BCUT2D eigenvalue weighted by molar-refractivity contribution is 5.75. The van der Waals surface area contributed by atoms with Crippen molar-refractivity contribution in [1.82, 2.24) is 0 Å². The lowest BCUT2D eigenvalue weighted by molar-refractivity contribution is -0.155. The summed E-state index contributed by atoms with van der Waals surface area (Å²) in [5.41, 5.74) is 0. The number of unbranched alkanes of at least 4 members (excludes halogenated alkanes) is 4. The molecule has 0 fully saturated rings. The average molecular weight is 272 g/mol. The van der Waals surface area contributed by atoms with Gasteiger partial charge in [0.2, 0.25) is 0 Å². The maximum atomic E-state index is 11.5. The van der Waals surface area contributed by atoms with Crippen molar-refractivity contribution in [2.24, 2.45) is 5.92 Å². The first-order valence-corrected chi connectivity index (χ1v) is 7.47. The zero-order valence-corrected chi connectivity index (χ0v) is 12.3. The van der Waals surface area contributed by atoms with Crippen LogP contribution >= 0.6 is 0 Å². The Morgan fingerprint density at radius 1 is 1.00 bits per heavy atom.